The van der Waals surface area contributed by atoms with Crippen LogP contribution in [0.2, 0.25) is 0 Å². The van der Waals surface area contributed by atoms with Gasteiger partial charge in [0, 0.05) is 18.3 Å². The van der Waals surface area contributed by atoms with Crippen molar-refractivity contribution >= 4 is 17.5 Å². The van der Waals surface area contributed by atoms with Gasteiger partial charge >= 0.3 is 0 Å². The van der Waals surface area contributed by atoms with Crippen LogP contribution in [0.3, 0.4) is 0 Å². The minimum absolute atomic E-state index is 0.0765. The summed E-state index contributed by atoms with van der Waals surface area (Å²) in [5.74, 6) is -0.0765. The first-order valence-electron chi connectivity index (χ1n) is 6.83. The standard InChI is InChI=1S/C16H14ClN3O/c17-15(11-4-2-1-3-5-11)7-6-13-12(10-15)16(14(21)19-13)8-9-18-20-16/h1-9,18,20H,10H2,(H,19,21). The number of hydrazine groups is 1. The molecule has 1 amide bonds. The number of hydrogen-bond donors (Lipinski definition) is 3. The highest BCUT2D eigenvalue weighted by molar-refractivity contribution is 6.26. The number of nitrogens with one attached hydrogen (secondary N) is 3. The number of amides is 1. The smallest absolute Gasteiger partial charge is 0.254 e. The molecular weight excluding hydrogens is 286 g/mol. The van der Waals surface area contributed by atoms with E-state index < -0.39 is 10.4 Å². The van der Waals surface area contributed by atoms with Crippen molar-refractivity contribution in [1.29, 1.82) is 0 Å². The van der Waals surface area contributed by atoms with Crippen molar-refractivity contribution in [1.82, 2.24) is 16.2 Å². The minimum Gasteiger partial charge on any atom is -0.327 e. The third-order valence-electron chi connectivity index (χ3n) is 4.30. The van der Waals surface area contributed by atoms with Gasteiger partial charge in [-0.15, -0.1) is 11.6 Å². The number of carbonyl (C=O) groups is 1. The number of hydrogen-bond acceptors (Lipinski definition) is 3. The van der Waals surface area contributed by atoms with Crippen molar-refractivity contribution in [3.63, 3.8) is 0 Å². The van der Waals surface area contributed by atoms with E-state index in [-0.39, 0.29) is 5.91 Å². The molecule has 21 heavy (non-hydrogen) atoms. The van der Waals surface area contributed by atoms with Crippen LogP contribution in [-0.2, 0) is 9.67 Å². The van der Waals surface area contributed by atoms with Crippen LogP contribution in [0.1, 0.15) is 12.0 Å². The van der Waals surface area contributed by atoms with Gasteiger partial charge in [0.2, 0.25) is 0 Å². The predicted molar refractivity (Wildman–Crippen MR) is 81.0 cm³/mol. The van der Waals surface area contributed by atoms with E-state index in [1.54, 1.807) is 6.20 Å². The molecule has 2 heterocycles. The van der Waals surface area contributed by atoms with Crippen molar-refractivity contribution < 1.29 is 4.79 Å². The Morgan fingerprint density at radius 2 is 1.95 bits per heavy atom. The topological polar surface area (TPSA) is 53.2 Å². The van der Waals surface area contributed by atoms with Gasteiger partial charge in [-0.2, -0.15) is 0 Å². The number of allylic oxidation sites excluding steroid dienone is 2. The van der Waals surface area contributed by atoms with Crippen LogP contribution in [0.15, 0.2) is 66.0 Å². The zero-order valence-corrected chi connectivity index (χ0v) is 11.9. The minimum atomic E-state index is -0.824. The molecule has 0 bridgehead atoms. The number of rotatable bonds is 1. The molecule has 2 atom stereocenters. The van der Waals surface area contributed by atoms with Crippen LogP contribution in [0.5, 0.6) is 0 Å². The average molecular weight is 300 g/mol. The maximum absolute atomic E-state index is 12.3. The Balaban J connectivity index is 1.77. The van der Waals surface area contributed by atoms with Gasteiger partial charge in [-0.05, 0) is 23.3 Å². The van der Waals surface area contributed by atoms with Crippen LogP contribution in [0.25, 0.3) is 0 Å². The molecule has 1 aromatic rings. The Morgan fingerprint density at radius 3 is 2.67 bits per heavy atom. The number of halogens is 1. The molecule has 1 aromatic carbocycles. The summed E-state index contributed by atoms with van der Waals surface area (Å²) in [5.41, 5.74) is 7.95. The molecule has 2 unspecified atom stereocenters. The maximum atomic E-state index is 12.3. The van der Waals surface area contributed by atoms with Gasteiger partial charge in [0.25, 0.3) is 5.91 Å². The lowest BCUT2D eigenvalue weighted by molar-refractivity contribution is -0.122. The van der Waals surface area contributed by atoms with Crippen molar-refractivity contribution in [2.75, 3.05) is 0 Å². The molecule has 4 rings (SSSR count). The van der Waals surface area contributed by atoms with Gasteiger partial charge in [-0.3, -0.25) is 4.79 Å². The van der Waals surface area contributed by atoms with Crippen molar-refractivity contribution in [2.24, 2.45) is 0 Å². The SMILES string of the molecule is O=C1NC2=C(CC(Cl)(c3ccccc3)C=C2)C12C=CNN2. The molecule has 0 saturated heterocycles. The third kappa shape index (κ3) is 1.69. The molecule has 3 aliphatic rings. The van der Waals surface area contributed by atoms with E-state index in [0.29, 0.717) is 6.42 Å². The van der Waals surface area contributed by atoms with Gasteiger partial charge in [0.1, 0.15) is 0 Å². The second-order valence-corrected chi connectivity index (χ2v) is 6.17. The normalized spacial score (nSPS) is 33.3. The summed E-state index contributed by atoms with van der Waals surface area (Å²) in [7, 11) is 0. The molecule has 3 N–H and O–H groups in total. The first-order valence-corrected chi connectivity index (χ1v) is 7.21. The summed E-state index contributed by atoms with van der Waals surface area (Å²) >= 11 is 6.84. The fraction of sp³-hybridized carbons (Fsp3) is 0.188. The monoisotopic (exact) mass is 299 g/mol. The molecule has 0 aromatic heterocycles. The second kappa shape index (κ2) is 4.23. The molecule has 4 nitrogen and oxygen atoms in total. The summed E-state index contributed by atoms with van der Waals surface area (Å²) in [6, 6.07) is 9.93. The van der Waals surface area contributed by atoms with Gasteiger partial charge < -0.3 is 10.7 Å². The Kier molecular flexibility index (Phi) is 2.55. The lowest BCUT2D eigenvalue weighted by Gasteiger charge is -2.32. The zero-order chi connectivity index (χ0) is 14.5. The van der Waals surface area contributed by atoms with Crippen molar-refractivity contribution in [3.8, 4) is 0 Å². The second-order valence-electron chi connectivity index (χ2n) is 5.50. The van der Waals surface area contributed by atoms with E-state index in [0.717, 1.165) is 16.8 Å². The van der Waals surface area contributed by atoms with E-state index in [1.165, 1.54) is 0 Å². The van der Waals surface area contributed by atoms with Crippen LogP contribution >= 0.6 is 11.6 Å². The van der Waals surface area contributed by atoms with E-state index in [1.807, 2.05) is 48.6 Å². The Labute approximate surface area is 127 Å². The number of carbonyl (C=O) groups excluding carboxylic acids is 1. The van der Waals surface area contributed by atoms with Crippen LogP contribution in [0.4, 0.5) is 0 Å². The predicted octanol–water partition coefficient (Wildman–Crippen LogP) is 1.82. The summed E-state index contributed by atoms with van der Waals surface area (Å²) in [6.07, 6.45) is 8.01. The average Bonchev–Trinajstić information content (AvgIpc) is 3.09. The van der Waals surface area contributed by atoms with Gasteiger partial charge in [0.05, 0.1) is 4.87 Å². The number of alkyl halides is 1. The maximum Gasteiger partial charge on any atom is 0.254 e. The van der Waals surface area contributed by atoms with Crippen LogP contribution in [0, 0.1) is 0 Å². The van der Waals surface area contributed by atoms with Gasteiger partial charge in [0.15, 0.2) is 5.54 Å². The molecule has 2 aliphatic heterocycles. The van der Waals surface area contributed by atoms with Crippen LogP contribution < -0.4 is 16.2 Å². The van der Waals surface area contributed by atoms with Gasteiger partial charge in [-0.1, -0.05) is 36.4 Å². The fourth-order valence-electron chi connectivity index (χ4n) is 3.14. The quantitative estimate of drug-likeness (QED) is 0.694. The summed E-state index contributed by atoms with van der Waals surface area (Å²) in [5, 5.41) is 2.92. The van der Waals surface area contributed by atoms with E-state index in [2.05, 4.69) is 16.2 Å². The Hall–Kier alpha value is -2.04. The molecule has 5 heteroatoms. The van der Waals surface area contributed by atoms with E-state index >= 15 is 0 Å². The molecule has 0 radical (unpaired) electrons. The molecule has 0 saturated carbocycles. The van der Waals surface area contributed by atoms with Crippen molar-refractivity contribution in [2.45, 2.75) is 16.8 Å². The summed E-state index contributed by atoms with van der Waals surface area (Å²) < 4.78 is 0. The highest BCUT2D eigenvalue weighted by atomic mass is 35.5. The lowest BCUT2D eigenvalue weighted by atomic mass is 9.79. The Morgan fingerprint density at radius 1 is 1.14 bits per heavy atom. The molecule has 0 fully saturated rings. The zero-order valence-electron chi connectivity index (χ0n) is 11.2. The Bertz CT molecular complexity index is 709. The van der Waals surface area contributed by atoms with E-state index in [4.69, 9.17) is 11.6 Å². The third-order valence-corrected chi connectivity index (χ3v) is 4.77. The highest BCUT2D eigenvalue weighted by Gasteiger charge is 2.51. The molecule has 1 spiro atoms. The van der Waals surface area contributed by atoms with Gasteiger partial charge in [-0.25, -0.2) is 5.43 Å². The fourth-order valence-corrected chi connectivity index (χ4v) is 3.46. The lowest BCUT2D eigenvalue weighted by Crippen LogP contribution is -2.52. The number of fused-ring (bicyclic) bond motifs is 1. The number of benzene rings is 1. The summed E-state index contributed by atoms with van der Waals surface area (Å²) in [4.78, 5) is 11.7. The highest BCUT2D eigenvalue weighted by Crippen LogP contribution is 2.46. The first-order chi connectivity index (χ1) is 10.1. The molecular formula is C16H14ClN3O. The largest absolute Gasteiger partial charge is 0.327 e. The van der Waals surface area contributed by atoms with Crippen molar-refractivity contribution in [3.05, 3.63) is 71.6 Å². The summed E-state index contributed by atoms with van der Waals surface area (Å²) in [6.45, 7) is 0. The first kappa shape index (κ1) is 12.7. The van der Waals surface area contributed by atoms with Crippen LogP contribution in [-0.4, -0.2) is 11.4 Å². The molecule has 1 aliphatic carbocycles. The van der Waals surface area contributed by atoms with E-state index in [9.17, 15) is 4.79 Å². The molecule has 106 valence electrons.